The minimum absolute atomic E-state index is 0.111. The highest BCUT2D eigenvalue weighted by molar-refractivity contribution is 6.01. The molecule has 2 N–H and O–H groups in total. The van der Waals surface area contributed by atoms with Crippen molar-refractivity contribution in [2.45, 2.75) is 13.8 Å². The first-order valence-electron chi connectivity index (χ1n) is 9.58. The normalized spacial score (nSPS) is 11.1. The number of nitrogens with zero attached hydrogens (tertiary/aromatic N) is 2. The van der Waals surface area contributed by atoms with E-state index < -0.39 is 5.97 Å². The number of carbonyl (C=O) groups is 1. The van der Waals surface area contributed by atoms with E-state index in [1.165, 1.54) is 21.3 Å². The van der Waals surface area contributed by atoms with Crippen LogP contribution >= 0.6 is 0 Å². The Bertz CT molecular complexity index is 1450. The second-order valence-corrected chi connectivity index (χ2v) is 7.56. The van der Waals surface area contributed by atoms with Crippen LogP contribution in [0.15, 0.2) is 52.3 Å². The third-order valence-electron chi connectivity index (χ3n) is 5.30. The summed E-state index contributed by atoms with van der Waals surface area (Å²) in [5.74, 6) is -0.0959. The second-order valence-electron chi connectivity index (χ2n) is 7.56. The van der Waals surface area contributed by atoms with E-state index in [0.717, 1.165) is 11.1 Å². The van der Waals surface area contributed by atoms with Crippen molar-refractivity contribution in [3.05, 3.63) is 80.3 Å². The van der Waals surface area contributed by atoms with Gasteiger partial charge in [-0.25, -0.2) is 4.79 Å². The van der Waals surface area contributed by atoms with Crippen molar-refractivity contribution in [2.75, 3.05) is 0 Å². The molecular formula is C23H21N3O5. The van der Waals surface area contributed by atoms with Crippen LogP contribution in [-0.2, 0) is 14.1 Å². The lowest BCUT2D eigenvalue weighted by atomic mass is 10.0. The van der Waals surface area contributed by atoms with Crippen molar-refractivity contribution in [3.63, 3.8) is 0 Å². The van der Waals surface area contributed by atoms with Crippen molar-refractivity contribution in [3.8, 4) is 22.6 Å². The van der Waals surface area contributed by atoms with Crippen LogP contribution in [0, 0.1) is 13.8 Å². The van der Waals surface area contributed by atoms with Crippen molar-refractivity contribution < 1.29 is 14.6 Å². The molecule has 0 spiro atoms. The standard InChI is InChI=1S/C23H21N3O5/c1-12-6-5-7-13(2)21(12)31-18-11-25(3)19(27)9-14(18)16-10-26(4)22(28)20-15(16)8-17(24-20)23(29)30/h5-11,24H,1-4H3,(H,29,30). The molecule has 158 valence electrons. The van der Waals surface area contributed by atoms with Gasteiger partial charge in [0.15, 0.2) is 5.75 Å². The van der Waals surface area contributed by atoms with Crippen LogP contribution in [0.4, 0.5) is 0 Å². The number of rotatable bonds is 4. The largest absolute Gasteiger partial charge is 0.477 e. The number of para-hydroxylation sites is 1. The average molecular weight is 419 g/mol. The zero-order valence-corrected chi connectivity index (χ0v) is 17.5. The third kappa shape index (κ3) is 3.42. The number of hydrogen-bond donors (Lipinski definition) is 2. The molecule has 0 saturated heterocycles. The number of H-pyrrole nitrogens is 1. The number of nitrogens with one attached hydrogen (secondary N) is 1. The fourth-order valence-corrected chi connectivity index (χ4v) is 3.63. The molecule has 0 radical (unpaired) electrons. The molecule has 8 nitrogen and oxygen atoms in total. The first-order valence-corrected chi connectivity index (χ1v) is 9.58. The van der Waals surface area contributed by atoms with Crippen molar-refractivity contribution in [1.82, 2.24) is 14.1 Å². The zero-order valence-electron chi connectivity index (χ0n) is 17.5. The first-order chi connectivity index (χ1) is 14.7. The summed E-state index contributed by atoms with van der Waals surface area (Å²) in [5, 5.41) is 9.78. The molecule has 3 aromatic heterocycles. The molecule has 0 aliphatic heterocycles. The maximum Gasteiger partial charge on any atom is 0.352 e. The number of aromatic nitrogens is 3. The highest BCUT2D eigenvalue weighted by Gasteiger charge is 2.20. The lowest BCUT2D eigenvalue weighted by Crippen LogP contribution is -2.18. The molecule has 0 aliphatic carbocycles. The summed E-state index contributed by atoms with van der Waals surface area (Å²) in [5.41, 5.74) is 2.24. The summed E-state index contributed by atoms with van der Waals surface area (Å²) < 4.78 is 9.02. The topological polar surface area (TPSA) is 106 Å². The summed E-state index contributed by atoms with van der Waals surface area (Å²) in [4.78, 5) is 39.2. The monoisotopic (exact) mass is 419 g/mol. The van der Waals surface area contributed by atoms with Gasteiger partial charge < -0.3 is 24.0 Å². The van der Waals surface area contributed by atoms with Gasteiger partial charge in [0.1, 0.15) is 17.0 Å². The van der Waals surface area contributed by atoms with Gasteiger partial charge >= 0.3 is 5.97 Å². The molecule has 8 heteroatoms. The Kier molecular flexibility index (Phi) is 4.77. The smallest absolute Gasteiger partial charge is 0.352 e. The van der Waals surface area contributed by atoms with E-state index in [1.54, 1.807) is 26.5 Å². The Labute approximate surface area is 177 Å². The SMILES string of the molecule is Cc1cccc(C)c1Oc1cn(C)c(=O)cc1-c1cn(C)c(=O)c2[nH]c(C(=O)O)cc12. The molecule has 0 amide bonds. The minimum Gasteiger partial charge on any atom is -0.477 e. The quantitative estimate of drug-likeness (QED) is 0.528. The van der Waals surface area contributed by atoms with Gasteiger partial charge in [-0.05, 0) is 31.0 Å². The molecule has 4 aromatic rings. The number of carboxylic acids is 1. The number of aryl methyl sites for hydroxylation is 4. The van der Waals surface area contributed by atoms with Gasteiger partial charge in [0, 0.05) is 42.9 Å². The zero-order chi connectivity index (χ0) is 22.4. The van der Waals surface area contributed by atoms with Crippen LogP contribution in [-0.4, -0.2) is 25.2 Å². The van der Waals surface area contributed by atoms with E-state index in [9.17, 15) is 19.5 Å². The summed E-state index contributed by atoms with van der Waals surface area (Å²) in [7, 11) is 3.19. The van der Waals surface area contributed by atoms with Crippen LogP contribution in [0.3, 0.4) is 0 Å². The fraction of sp³-hybridized carbons (Fsp3) is 0.174. The van der Waals surface area contributed by atoms with Gasteiger partial charge in [-0.1, -0.05) is 18.2 Å². The molecule has 1 aromatic carbocycles. The molecule has 0 unspecified atom stereocenters. The highest BCUT2D eigenvalue weighted by atomic mass is 16.5. The highest BCUT2D eigenvalue weighted by Crippen LogP contribution is 2.37. The van der Waals surface area contributed by atoms with E-state index in [4.69, 9.17) is 4.74 Å². The maximum atomic E-state index is 12.6. The molecule has 0 aliphatic rings. The summed E-state index contributed by atoms with van der Waals surface area (Å²) in [6.45, 7) is 3.86. The van der Waals surface area contributed by atoms with Crippen LogP contribution < -0.4 is 15.9 Å². The number of ether oxygens (including phenoxy) is 1. The van der Waals surface area contributed by atoms with E-state index in [-0.39, 0.29) is 22.3 Å². The summed E-state index contributed by atoms with van der Waals surface area (Å²) in [6.07, 6.45) is 3.17. The maximum absolute atomic E-state index is 12.6. The number of aromatic amines is 1. The number of fused-ring (bicyclic) bond motifs is 1. The summed E-state index contributed by atoms with van der Waals surface area (Å²) >= 11 is 0. The number of carboxylic acid groups (broad SMARTS) is 1. The molecule has 4 rings (SSSR count). The number of benzene rings is 1. The first kappa shape index (κ1) is 20.2. The van der Waals surface area contributed by atoms with Gasteiger partial charge in [0.2, 0.25) is 0 Å². The van der Waals surface area contributed by atoms with Gasteiger partial charge in [-0.2, -0.15) is 0 Å². The van der Waals surface area contributed by atoms with Crippen molar-refractivity contribution in [2.24, 2.45) is 14.1 Å². The molecule has 0 fully saturated rings. The van der Waals surface area contributed by atoms with E-state index >= 15 is 0 Å². The Morgan fingerprint density at radius 3 is 2.32 bits per heavy atom. The fourth-order valence-electron chi connectivity index (χ4n) is 3.63. The number of hydrogen-bond acceptors (Lipinski definition) is 4. The third-order valence-corrected chi connectivity index (χ3v) is 5.30. The Morgan fingerprint density at radius 1 is 1.00 bits per heavy atom. The predicted molar refractivity (Wildman–Crippen MR) is 117 cm³/mol. The molecular weight excluding hydrogens is 398 g/mol. The van der Waals surface area contributed by atoms with Crippen LogP contribution in [0.5, 0.6) is 11.5 Å². The molecule has 31 heavy (non-hydrogen) atoms. The molecule has 0 atom stereocenters. The average Bonchev–Trinajstić information content (AvgIpc) is 3.16. The lowest BCUT2D eigenvalue weighted by Gasteiger charge is -2.17. The number of aromatic carboxylic acids is 1. The van der Waals surface area contributed by atoms with Crippen molar-refractivity contribution >= 4 is 16.9 Å². The van der Waals surface area contributed by atoms with E-state index in [1.807, 2.05) is 32.0 Å². The van der Waals surface area contributed by atoms with E-state index in [2.05, 4.69) is 4.98 Å². The predicted octanol–water partition coefficient (Wildman–Crippen LogP) is 3.34. The van der Waals surface area contributed by atoms with Crippen LogP contribution in [0.2, 0.25) is 0 Å². The Morgan fingerprint density at radius 2 is 1.68 bits per heavy atom. The summed E-state index contributed by atoms with van der Waals surface area (Å²) in [6, 6.07) is 8.62. The molecule has 0 bridgehead atoms. The van der Waals surface area contributed by atoms with Gasteiger partial charge in [-0.15, -0.1) is 0 Å². The number of pyridine rings is 2. The lowest BCUT2D eigenvalue weighted by molar-refractivity contribution is 0.0691. The van der Waals surface area contributed by atoms with Gasteiger partial charge in [0.05, 0.1) is 6.20 Å². The Hall–Kier alpha value is -4.07. The Balaban J connectivity index is 2.03. The van der Waals surface area contributed by atoms with Gasteiger partial charge in [-0.3, -0.25) is 9.59 Å². The molecule has 3 heterocycles. The van der Waals surface area contributed by atoms with E-state index in [0.29, 0.717) is 28.0 Å². The molecule has 0 saturated carbocycles. The minimum atomic E-state index is -1.18. The van der Waals surface area contributed by atoms with Crippen LogP contribution in [0.1, 0.15) is 21.6 Å². The second kappa shape index (κ2) is 7.32. The van der Waals surface area contributed by atoms with Gasteiger partial charge in [0.25, 0.3) is 11.1 Å². The van der Waals surface area contributed by atoms with Crippen molar-refractivity contribution in [1.29, 1.82) is 0 Å². The van der Waals surface area contributed by atoms with Crippen LogP contribution in [0.25, 0.3) is 22.0 Å².